The number of aromatic nitrogens is 2. The van der Waals surface area contributed by atoms with Crippen molar-refractivity contribution in [3.63, 3.8) is 0 Å². The Balaban J connectivity index is 1.73. The van der Waals surface area contributed by atoms with E-state index in [4.69, 9.17) is 9.84 Å². The van der Waals surface area contributed by atoms with Crippen molar-refractivity contribution in [1.82, 2.24) is 9.55 Å². The molecule has 1 heterocycles. The van der Waals surface area contributed by atoms with Gasteiger partial charge in [-0.1, -0.05) is 24.3 Å². The minimum absolute atomic E-state index is 0.0242. The second-order valence-corrected chi connectivity index (χ2v) is 5.90. The molecule has 0 saturated heterocycles. The maximum absolute atomic E-state index is 12.4. The summed E-state index contributed by atoms with van der Waals surface area (Å²) >= 11 is 0. The molecule has 3 aromatic rings. The van der Waals surface area contributed by atoms with Crippen LogP contribution in [-0.4, -0.2) is 31.8 Å². The molecule has 0 bridgehead atoms. The highest BCUT2D eigenvalue weighted by atomic mass is 16.5. The average molecular weight is 354 g/mol. The molecule has 7 heteroatoms. The van der Waals surface area contributed by atoms with Crippen LogP contribution in [0.1, 0.15) is 11.4 Å². The first-order valence-corrected chi connectivity index (χ1v) is 8.03. The molecule has 1 unspecified atom stereocenters. The average Bonchev–Trinajstić information content (AvgIpc) is 2.64. The van der Waals surface area contributed by atoms with Crippen LogP contribution in [0.4, 0.5) is 0 Å². The Morgan fingerprint density at radius 1 is 1.19 bits per heavy atom. The summed E-state index contributed by atoms with van der Waals surface area (Å²) in [4.78, 5) is 27.5. The number of aliphatic hydroxyl groups is 1. The first kappa shape index (κ1) is 17.6. The third-order valence-electron chi connectivity index (χ3n) is 4.08. The largest absolute Gasteiger partial charge is 0.486 e. The summed E-state index contributed by atoms with van der Waals surface area (Å²) in [6, 6.07) is 13.9. The number of rotatable bonds is 6. The van der Waals surface area contributed by atoms with Gasteiger partial charge in [0, 0.05) is 13.5 Å². The van der Waals surface area contributed by atoms with Crippen LogP contribution in [0, 0.1) is 0 Å². The molecule has 1 atom stereocenters. The van der Waals surface area contributed by atoms with Crippen LogP contribution in [0.5, 0.6) is 5.75 Å². The van der Waals surface area contributed by atoms with Crippen molar-refractivity contribution in [3.05, 3.63) is 70.3 Å². The first-order chi connectivity index (χ1) is 12.5. The quantitative estimate of drug-likeness (QED) is 0.696. The zero-order chi connectivity index (χ0) is 18.7. The molecule has 134 valence electrons. The Morgan fingerprint density at radius 3 is 2.58 bits per heavy atom. The Morgan fingerprint density at radius 2 is 1.88 bits per heavy atom. The van der Waals surface area contributed by atoms with Gasteiger partial charge >= 0.3 is 5.97 Å². The summed E-state index contributed by atoms with van der Waals surface area (Å²) in [6.07, 6.45) is -1.41. The highest BCUT2D eigenvalue weighted by molar-refractivity contribution is 5.77. The Labute approximate surface area is 149 Å². The molecule has 0 amide bonds. The lowest BCUT2D eigenvalue weighted by molar-refractivity contribution is -0.146. The molecule has 0 saturated carbocycles. The third-order valence-corrected chi connectivity index (χ3v) is 4.08. The number of hydrogen-bond acceptors (Lipinski definition) is 5. The van der Waals surface area contributed by atoms with Crippen LogP contribution in [-0.2, 0) is 24.9 Å². The van der Waals surface area contributed by atoms with Gasteiger partial charge in [-0.05, 0) is 29.8 Å². The van der Waals surface area contributed by atoms with Gasteiger partial charge in [-0.25, -0.2) is 9.78 Å². The van der Waals surface area contributed by atoms with E-state index < -0.39 is 12.1 Å². The summed E-state index contributed by atoms with van der Waals surface area (Å²) < 4.78 is 7.14. The number of carboxylic acid groups (broad SMARTS) is 1. The second kappa shape index (κ2) is 7.37. The number of para-hydroxylation sites is 1. The van der Waals surface area contributed by atoms with Crippen molar-refractivity contribution in [2.45, 2.75) is 19.1 Å². The lowest BCUT2D eigenvalue weighted by atomic mass is 10.1. The van der Waals surface area contributed by atoms with Gasteiger partial charge in [0.2, 0.25) is 0 Å². The SMILES string of the molecule is Cn1c(COc2ccc(CC(O)C(=O)O)cc2)nc2ccccc2c1=O. The van der Waals surface area contributed by atoms with Gasteiger partial charge in [0.15, 0.2) is 6.10 Å². The second-order valence-electron chi connectivity index (χ2n) is 5.90. The minimum Gasteiger partial charge on any atom is -0.486 e. The number of aliphatic carboxylic acids is 1. The number of fused-ring (bicyclic) bond motifs is 1. The number of hydrogen-bond donors (Lipinski definition) is 2. The number of nitrogens with zero attached hydrogens (tertiary/aromatic N) is 2. The Bertz CT molecular complexity index is 995. The van der Waals surface area contributed by atoms with Crippen LogP contribution >= 0.6 is 0 Å². The molecule has 7 nitrogen and oxygen atoms in total. The van der Waals surface area contributed by atoms with Crippen molar-refractivity contribution in [3.8, 4) is 5.75 Å². The normalized spacial score (nSPS) is 12.1. The first-order valence-electron chi connectivity index (χ1n) is 8.03. The van der Waals surface area contributed by atoms with Crippen LogP contribution < -0.4 is 10.3 Å². The van der Waals surface area contributed by atoms with E-state index in [1.54, 1.807) is 49.5 Å². The highest BCUT2D eigenvalue weighted by Gasteiger charge is 2.13. The molecule has 1 aromatic heterocycles. The van der Waals surface area contributed by atoms with Crippen LogP contribution in [0.15, 0.2) is 53.3 Å². The molecule has 0 radical (unpaired) electrons. The standard InChI is InChI=1S/C19H18N2O5/c1-21-17(20-15-5-3-2-4-14(15)18(21)23)11-26-13-8-6-12(7-9-13)10-16(22)19(24)25/h2-9,16,22H,10-11H2,1H3,(H,24,25). The van der Waals surface area contributed by atoms with Crippen molar-refractivity contribution >= 4 is 16.9 Å². The molecular formula is C19H18N2O5. The van der Waals surface area contributed by atoms with Crippen LogP contribution in [0.3, 0.4) is 0 Å². The number of carboxylic acids is 1. The molecule has 26 heavy (non-hydrogen) atoms. The summed E-state index contributed by atoms with van der Waals surface area (Å²) in [5.41, 5.74) is 1.17. The summed E-state index contributed by atoms with van der Waals surface area (Å²) in [7, 11) is 1.65. The lowest BCUT2D eigenvalue weighted by Gasteiger charge is -2.11. The third kappa shape index (κ3) is 3.73. The summed E-state index contributed by atoms with van der Waals surface area (Å²) in [6.45, 7) is 0.119. The van der Waals surface area contributed by atoms with E-state index in [1.807, 2.05) is 6.07 Å². The topological polar surface area (TPSA) is 102 Å². The lowest BCUT2D eigenvalue weighted by Crippen LogP contribution is -2.23. The molecule has 0 aliphatic heterocycles. The van der Waals surface area contributed by atoms with E-state index in [0.29, 0.717) is 28.0 Å². The Kier molecular flexibility index (Phi) is 4.99. The molecule has 2 aromatic carbocycles. The van der Waals surface area contributed by atoms with E-state index in [0.717, 1.165) is 0 Å². The maximum Gasteiger partial charge on any atom is 0.332 e. The molecule has 0 aliphatic rings. The molecule has 3 rings (SSSR count). The Hall–Kier alpha value is -3.19. The van der Waals surface area contributed by atoms with Gasteiger partial charge in [0.25, 0.3) is 5.56 Å². The summed E-state index contributed by atoms with van der Waals surface area (Å²) in [5.74, 6) is -0.200. The number of benzene rings is 2. The van der Waals surface area contributed by atoms with E-state index in [9.17, 15) is 14.7 Å². The van der Waals surface area contributed by atoms with Crippen molar-refractivity contribution in [2.75, 3.05) is 0 Å². The van der Waals surface area contributed by atoms with E-state index >= 15 is 0 Å². The monoisotopic (exact) mass is 354 g/mol. The number of aliphatic hydroxyl groups excluding tert-OH is 1. The van der Waals surface area contributed by atoms with E-state index in [-0.39, 0.29) is 18.6 Å². The molecule has 2 N–H and O–H groups in total. The maximum atomic E-state index is 12.4. The predicted octanol–water partition coefficient (Wildman–Crippen LogP) is 1.50. The van der Waals surface area contributed by atoms with Gasteiger partial charge in [-0.15, -0.1) is 0 Å². The van der Waals surface area contributed by atoms with Gasteiger partial charge in [-0.2, -0.15) is 0 Å². The fourth-order valence-electron chi connectivity index (χ4n) is 2.57. The minimum atomic E-state index is -1.43. The molecular weight excluding hydrogens is 336 g/mol. The smallest absolute Gasteiger partial charge is 0.332 e. The summed E-state index contributed by atoms with van der Waals surface area (Å²) in [5, 5.41) is 18.7. The van der Waals surface area contributed by atoms with Crippen LogP contribution in [0.25, 0.3) is 10.9 Å². The van der Waals surface area contributed by atoms with Gasteiger partial charge < -0.3 is 14.9 Å². The van der Waals surface area contributed by atoms with Gasteiger partial charge in [-0.3, -0.25) is 9.36 Å². The van der Waals surface area contributed by atoms with E-state index in [2.05, 4.69) is 4.98 Å². The van der Waals surface area contributed by atoms with Crippen molar-refractivity contribution < 1.29 is 19.7 Å². The van der Waals surface area contributed by atoms with Crippen molar-refractivity contribution in [1.29, 1.82) is 0 Å². The molecule has 0 aliphatic carbocycles. The van der Waals surface area contributed by atoms with Gasteiger partial charge in [0.1, 0.15) is 18.2 Å². The fraction of sp³-hybridized carbons (Fsp3) is 0.211. The zero-order valence-electron chi connectivity index (χ0n) is 14.1. The zero-order valence-corrected chi connectivity index (χ0v) is 14.1. The number of ether oxygens (including phenoxy) is 1. The number of carbonyl (C=O) groups is 1. The fourth-order valence-corrected chi connectivity index (χ4v) is 2.57. The predicted molar refractivity (Wildman–Crippen MR) is 95.1 cm³/mol. The van der Waals surface area contributed by atoms with Crippen molar-refractivity contribution in [2.24, 2.45) is 7.05 Å². The van der Waals surface area contributed by atoms with E-state index in [1.165, 1.54) is 4.57 Å². The van der Waals surface area contributed by atoms with Gasteiger partial charge in [0.05, 0.1) is 10.9 Å². The molecule has 0 fully saturated rings. The van der Waals surface area contributed by atoms with Crippen LogP contribution in [0.2, 0.25) is 0 Å². The highest BCUT2D eigenvalue weighted by Crippen LogP contribution is 2.15. The molecule has 0 spiro atoms.